The summed E-state index contributed by atoms with van der Waals surface area (Å²) in [7, 11) is 0. The van der Waals surface area contributed by atoms with Gasteiger partial charge in [-0.15, -0.1) is 0 Å². The number of pyridine rings is 1. The summed E-state index contributed by atoms with van der Waals surface area (Å²) in [6, 6.07) is 7.62. The second-order valence-electron chi connectivity index (χ2n) is 11.3. The molecule has 3 heteroatoms. The van der Waals surface area contributed by atoms with Crippen LogP contribution in [0.3, 0.4) is 0 Å². The predicted octanol–water partition coefficient (Wildman–Crippen LogP) is 8.42. The summed E-state index contributed by atoms with van der Waals surface area (Å²) >= 11 is 0. The van der Waals surface area contributed by atoms with E-state index in [1.807, 2.05) is 24.4 Å². The van der Waals surface area contributed by atoms with Crippen LogP contribution >= 0.6 is 0 Å². The Morgan fingerprint density at radius 1 is 0.971 bits per heavy atom. The van der Waals surface area contributed by atoms with Crippen molar-refractivity contribution in [3.63, 3.8) is 0 Å². The van der Waals surface area contributed by atoms with Crippen LogP contribution in [0.25, 0.3) is 22.0 Å². The Hall–Kier alpha value is -2.55. The highest BCUT2D eigenvalue weighted by Crippen LogP contribution is 2.58. The molecule has 2 atom stereocenters. The molecule has 0 amide bonds. The second-order valence-corrected chi connectivity index (χ2v) is 11.3. The molecule has 0 radical (unpaired) electrons. The molecular weight excluding hydrogens is 436 g/mol. The Labute approximate surface area is 208 Å². The molecule has 2 aromatic carbocycles. The van der Waals surface area contributed by atoms with E-state index in [-0.39, 0.29) is 17.0 Å². The molecular formula is C32H38F2N+. The average Bonchev–Trinajstić information content (AvgIpc) is 2.84. The van der Waals surface area contributed by atoms with Crippen LogP contribution in [-0.2, 0) is 22.8 Å². The first-order valence-corrected chi connectivity index (χ1v) is 13.3. The molecule has 0 saturated heterocycles. The molecule has 3 aromatic rings. The van der Waals surface area contributed by atoms with Crippen molar-refractivity contribution in [3.8, 4) is 11.3 Å². The zero-order valence-corrected chi connectivity index (χ0v) is 22.1. The maximum absolute atomic E-state index is 16.0. The maximum atomic E-state index is 16.0. The van der Waals surface area contributed by atoms with Crippen LogP contribution in [0.15, 0.2) is 43.1 Å². The number of hydrogen-bond acceptors (Lipinski definition) is 0. The maximum Gasteiger partial charge on any atom is 0.222 e. The van der Waals surface area contributed by atoms with Gasteiger partial charge in [-0.1, -0.05) is 66.2 Å². The summed E-state index contributed by atoms with van der Waals surface area (Å²) in [6.07, 6.45) is 9.66. The largest absolute Gasteiger partial charge is 0.222 e. The number of benzene rings is 2. The van der Waals surface area contributed by atoms with Crippen molar-refractivity contribution in [1.82, 2.24) is 0 Å². The zero-order chi connectivity index (χ0) is 25.3. The van der Waals surface area contributed by atoms with E-state index < -0.39 is 11.0 Å². The number of aromatic nitrogens is 1. The molecule has 0 bridgehead atoms. The van der Waals surface area contributed by atoms with E-state index >= 15 is 8.78 Å². The molecule has 0 saturated carbocycles. The van der Waals surface area contributed by atoms with Gasteiger partial charge in [0.2, 0.25) is 5.69 Å². The van der Waals surface area contributed by atoms with Gasteiger partial charge in [0.25, 0.3) is 0 Å². The van der Waals surface area contributed by atoms with Crippen LogP contribution in [0.4, 0.5) is 8.78 Å². The SMILES string of the molecule is C=CC1(CC)[n+]2ccc3c(F)c(CCCCC)cc4c3c2-c2c(ccc(F)c2C4(C)C)C1(C)CC. The highest BCUT2D eigenvalue weighted by Gasteiger charge is 2.60. The number of nitrogens with zero attached hydrogens (tertiary/aromatic N) is 1. The molecule has 0 N–H and O–H groups in total. The average molecular weight is 475 g/mol. The standard InChI is InChI=1S/C32H38F2N/c1-8-12-13-14-20-19-23-25-21(28(20)34)17-18-35-29(25)26-22(15-16-24(33)27(26)30(23,5)6)31(7,9-2)32(35,10-3)11-4/h10,15-19H,3,8-9,11-14H2,1-2,4-7H3/q+1. The summed E-state index contributed by atoms with van der Waals surface area (Å²) in [4.78, 5) is 0. The molecule has 1 aliphatic carbocycles. The van der Waals surface area contributed by atoms with Gasteiger partial charge in [0, 0.05) is 28.9 Å². The Morgan fingerprint density at radius 3 is 2.34 bits per heavy atom. The third-order valence-electron chi connectivity index (χ3n) is 9.55. The van der Waals surface area contributed by atoms with Crippen LogP contribution in [0.1, 0.15) is 95.9 Å². The molecule has 5 rings (SSSR count). The van der Waals surface area contributed by atoms with Crippen LogP contribution < -0.4 is 4.57 Å². The lowest BCUT2D eigenvalue weighted by atomic mass is 9.56. The van der Waals surface area contributed by atoms with Crippen molar-refractivity contribution in [2.45, 2.75) is 96.4 Å². The molecule has 0 fully saturated rings. The molecule has 184 valence electrons. The molecule has 1 aliphatic heterocycles. The normalized spacial score (nSPS) is 23.5. The summed E-state index contributed by atoms with van der Waals surface area (Å²) in [5.41, 5.74) is 4.32. The van der Waals surface area contributed by atoms with E-state index in [0.29, 0.717) is 11.8 Å². The fourth-order valence-corrected chi connectivity index (χ4v) is 7.36. The van der Waals surface area contributed by atoms with Crippen molar-refractivity contribution in [3.05, 3.63) is 77.0 Å². The van der Waals surface area contributed by atoms with Gasteiger partial charge in [0.1, 0.15) is 11.6 Å². The van der Waals surface area contributed by atoms with Crippen LogP contribution in [0.5, 0.6) is 0 Å². The third-order valence-corrected chi connectivity index (χ3v) is 9.55. The summed E-state index contributed by atoms with van der Waals surface area (Å²) in [5, 5.41) is 1.59. The van der Waals surface area contributed by atoms with Crippen molar-refractivity contribution < 1.29 is 13.3 Å². The van der Waals surface area contributed by atoms with Gasteiger partial charge in [-0.25, -0.2) is 8.78 Å². The van der Waals surface area contributed by atoms with Crippen molar-refractivity contribution >= 4 is 10.8 Å². The van der Waals surface area contributed by atoms with Gasteiger partial charge in [0.15, 0.2) is 11.7 Å². The lowest BCUT2D eigenvalue weighted by molar-refractivity contribution is -0.755. The van der Waals surface area contributed by atoms with E-state index in [0.717, 1.165) is 71.0 Å². The van der Waals surface area contributed by atoms with Gasteiger partial charge in [-0.05, 0) is 55.0 Å². The lowest BCUT2D eigenvalue weighted by Gasteiger charge is -2.49. The molecule has 2 heterocycles. The molecule has 1 nitrogen and oxygen atoms in total. The van der Waals surface area contributed by atoms with E-state index in [2.05, 4.69) is 58.8 Å². The van der Waals surface area contributed by atoms with Gasteiger partial charge in [-0.2, -0.15) is 4.57 Å². The van der Waals surface area contributed by atoms with E-state index in [1.165, 1.54) is 0 Å². The summed E-state index contributed by atoms with van der Waals surface area (Å²) < 4.78 is 34.2. The number of aryl methyl sites for hydroxylation is 1. The number of rotatable bonds is 7. The second kappa shape index (κ2) is 7.98. The highest BCUT2D eigenvalue weighted by atomic mass is 19.1. The lowest BCUT2D eigenvalue weighted by Crippen LogP contribution is -2.68. The molecule has 1 aromatic heterocycles. The number of hydrogen-bond donors (Lipinski definition) is 0. The summed E-state index contributed by atoms with van der Waals surface area (Å²) in [6.45, 7) is 17.4. The van der Waals surface area contributed by atoms with Crippen LogP contribution in [0.2, 0.25) is 0 Å². The smallest absolute Gasteiger partial charge is 0.207 e. The predicted molar refractivity (Wildman–Crippen MR) is 141 cm³/mol. The van der Waals surface area contributed by atoms with Crippen LogP contribution in [0, 0.1) is 11.6 Å². The van der Waals surface area contributed by atoms with E-state index in [4.69, 9.17) is 0 Å². The molecule has 0 spiro atoms. The van der Waals surface area contributed by atoms with Gasteiger partial charge < -0.3 is 0 Å². The Morgan fingerprint density at radius 2 is 1.71 bits per heavy atom. The van der Waals surface area contributed by atoms with Crippen molar-refractivity contribution in [2.75, 3.05) is 0 Å². The first kappa shape index (κ1) is 24.2. The van der Waals surface area contributed by atoms with E-state index in [9.17, 15) is 0 Å². The minimum atomic E-state index is -0.581. The van der Waals surface area contributed by atoms with E-state index in [1.54, 1.807) is 6.07 Å². The number of unbranched alkanes of at least 4 members (excludes halogenated alkanes) is 2. The first-order chi connectivity index (χ1) is 16.6. The van der Waals surface area contributed by atoms with Crippen molar-refractivity contribution in [2.24, 2.45) is 0 Å². The van der Waals surface area contributed by atoms with Crippen LogP contribution in [-0.4, -0.2) is 0 Å². The van der Waals surface area contributed by atoms with Gasteiger partial charge in [0.05, 0.1) is 16.4 Å². The highest BCUT2D eigenvalue weighted by molar-refractivity contribution is 6.02. The quantitative estimate of drug-likeness (QED) is 0.184. The Kier molecular flexibility index (Phi) is 5.51. The Balaban J connectivity index is 2.00. The summed E-state index contributed by atoms with van der Waals surface area (Å²) in [5.74, 6) is -0.300. The fourth-order valence-electron chi connectivity index (χ4n) is 7.36. The number of allylic oxidation sites excluding steroid dienone is 1. The third kappa shape index (κ3) is 2.81. The van der Waals surface area contributed by atoms with Crippen molar-refractivity contribution in [1.29, 1.82) is 0 Å². The van der Waals surface area contributed by atoms with Gasteiger partial charge in [-0.3, -0.25) is 0 Å². The molecule has 2 aliphatic rings. The monoisotopic (exact) mass is 474 g/mol. The topological polar surface area (TPSA) is 3.88 Å². The number of halogens is 2. The fraction of sp³-hybridized carbons (Fsp3) is 0.469. The van der Waals surface area contributed by atoms with Gasteiger partial charge >= 0.3 is 0 Å². The molecule has 35 heavy (non-hydrogen) atoms. The zero-order valence-electron chi connectivity index (χ0n) is 22.1. The minimum absolute atomic E-state index is 0.120. The first-order valence-electron chi connectivity index (χ1n) is 13.3. The Bertz CT molecular complexity index is 1370. The minimum Gasteiger partial charge on any atom is -0.207 e. The molecule has 2 unspecified atom stereocenters.